The second-order valence-corrected chi connectivity index (χ2v) is 6.56. The van der Waals surface area contributed by atoms with Crippen molar-refractivity contribution in [3.63, 3.8) is 0 Å². The van der Waals surface area contributed by atoms with Crippen LogP contribution in [0.15, 0.2) is 12.1 Å². The topological polar surface area (TPSA) is 27.7 Å². The fourth-order valence-corrected chi connectivity index (χ4v) is 2.09. The van der Waals surface area contributed by atoms with Crippen LogP contribution in [0.3, 0.4) is 0 Å². The molecule has 1 saturated heterocycles. The monoisotopic (exact) mass is 298 g/mol. The molecule has 1 aromatic carbocycles. The Bertz CT molecular complexity index is 505. The van der Waals surface area contributed by atoms with E-state index in [1.165, 1.54) is 0 Å². The number of rotatable bonds is 3. The number of benzene rings is 1. The van der Waals surface area contributed by atoms with E-state index in [1.54, 1.807) is 13.8 Å². The van der Waals surface area contributed by atoms with Crippen molar-refractivity contribution in [2.24, 2.45) is 0 Å². The molecule has 0 aliphatic carbocycles. The van der Waals surface area contributed by atoms with Crippen molar-refractivity contribution in [1.82, 2.24) is 0 Å². The summed E-state index contributed by atoms with van der Waals surface area (Å²) < 4.78 is 45.2. The maximum Gasteiger partial charge on any atom is 0.500 e. The van der Waals surface area contributed by atoms with E-state index in [0.29, 0.717) is 0 Å². The minimum atomic E-state index is -1.07. The third kappa shape index (κ3) is 3.06. The lowest BCUT2D eigenvalue weighted by Gasteiger charge is -2.32. The predicted octanol–water partition coefficient (Wildman–Crippen LogP) is 3.05. The highest BCUT2D eigenvalue weighted by Gasteiger charge is 2.53. The van der Waals surface area contributed by atoms with Gasteiger partial charge in [-0.05, 0) is 41.5 Å². The summed E-state index contributed by atoms with van der Waals surface area (Å²) in [7, 11) is -1.07. The van der Waals surface area contributed by atoms with Gasteiger partial charge in [-0.25, -0.2) is 8.78 Å². The van der Waals surface area contributed by atoms with Gasteiger partial charge in [0.15, 0.2) is 0 Å². The van der Waals surface area contributed by atoms with E-state index in [9.17, 15) is 8.78 Å². The van der Waals surface area contributed by atoms with Crippen LogP contribution in [0.2, 0.25) is 0 Å². The summed E-state index contributed by atoms with van der Waals surface area (Å²) in [5, 5.41) is 0. The van der Waals surface area contributed by atoms with Gasteiger partial charge in [0.1, 0.15) is 17.4 Å². The average molecular weight is 298 g/mol. The predicted molar refractivity (Wildman–Crippen MR) is 77.8 cm³/mol. The largest absolute Gasteiger partial charge is 0.500 e. The lowest BCUT2D eigenvalue weighted by atomic mass is 9.78. The summed E-state index contributed by atoms with van der Waals surface area (Å²) in [6, 6.07) is 2.31. The van der Waals surface area contributed by atoms with Crippen molar-refractivity contribution in [2.75, 3.05) is 0 Å². The Morgan fingerprint density at radius 3 is 1.81 bits per heavy atom. The quantitative estimate of drug-likeness (QED) is 0.803. The zero-order chi connectivity index (χ0) is 16.0. The molecule has 1 heterocycles. The summed E-state index contributed by atoms with van der Waals surface area (Å²) in [4.78, 5) is 0. The Labute approximate surface area is 124 Å². The minimum Gasteiger partial charge on any atom is -0.491 e. The molecule has 1 aromatic rings. The third-order valence-corrected chi connectivity index (χ3v) is 3.91. The van der Waals surface area contributed by atoms with Gasteiger partial charge >= 0.3 is 7.12 Å². The first-order valence-corrected chi connectivity index (χ1v) is 7.05. The molecule has 21 heavy (non-hydrogen) atoms. The molecule has 116 valence electrons. The molecule has 1 aliphatic rings. The SMILES string of the molecule is CC(C)Oc1cc(F)c(B2OC(C)(C)C(C)(C)O2)c(F)c1. The Hall–Kier alpha value is -1.14. The van der Waals surface area contributed by atoms with Crippen LogP contribution in [0, 0.1) is 11.6 Å². The highest BCUT2D eigenvalue weighted by Crippen LogP contribution is 2.37. The van der Waals surface area contributed by atoms with Crippen LogP contribution >= 0.6 is 0 Å². The van der Waals surface area contributed by atoms with Crippen LogP contribution in [-0.2, 0) is 9.31 Å². The molecule has 1 aliphatic heterocycles. The van der Waals surface area contributed by atoms with Gasteiger partial charge in [-0.3, -0.25) is 0 Å². The number of halogens is 2. The van der Waals surface area contributed by atoms with E-state index in [-0.39, 0.29) is 17.3 Å². The smallest absolute Gasteiger partial charge is 0.491 e. The van der Waals surface area contributed by atoms with E-state index in [4.69, 9.17) is 14.0 Å². The Balaban J connectivity index is 2.34. The van der Waals surface area contributed by atoms with Crippen molar-refractivity contribution < 1.29 is 22.8 Å². The fourth-order valence-electron chi connectivity index (χ4n) is 2.09. The van der Waals surface area contributed by atoms with Crippen molar-refractivity contribution >= 4 is 12.6 Å². The summed E-state index contributed by atoms with van der Waals surface area (Å²) in [5.41, 5.74) is -1.52. The van der Waals surface area contributed by atoms with Gasteiger partial charge in [0.2, 0.25) is 0 Å². The maximum atomic E-state index is 14.2. The zero-order valence-electron chi connectivity index (χ0n) is 13.3. The van der Waals surface area contributed by atoms with E-state index in [2.05, 4.69) is 0 Å². The van der Waals surface area contributed by atoms with Gasteiger partial charge in [-0.15, -0.1) is 0 Å². The molecule has 1 fully saturated rings. The van der Waals surface area contributed by atoms with Crippen molar-refractivity contribution in [1.29, 1.82) is 0 Å². The van der Waals surface area contributed by atoms with Crippen LogP contribution in [0.5, 0.6) is 5.75 Å². The van der Waals surface area contributed by atoms with Gasteiger partial charge in [-0.2, -0.15) is 0 Å². The molecule has 0 radical (unpaired) electrons. The summed E-state index contributed by atoms with van der Waals surface area (Å²) in [6.07, 6.45) is -0.161. The van der Waals surface area contributed by atoms with Gasteiger partial charge in [0, 0.05) is 12.1 Å². The molecular formula is C15H21BF2O3. The standard InChI is InChI=1S/C15H21BF2O3/c1-9(2)19-10-7-11(17)13(12(18)8-10)16-20-14(3,4)15(5,6)21-16/h7-9H,1-6H3. The molecule has 6 heteroatoms. The Kier molecular flexibility index (Phi) is 4.06. The summed E-state index contributed by atoms with van der Waals surface area (Å²) >= 11 is 0. The van der Waals surface area contributed by atoms with Gasteiger partial charge in [-0.1, -0.05) is 0 Å². The van der Waals surface area contributed by atoms with Crippen molar-refractivity contribution in [2.45, 2.75) is 58.8 Å². The van der Waals surface area contributed by atoms with Gasteiger partial charge in [0.25, 0.3) is 0 Å². The van der Waals surface area contributed by atoms with Crippen molar-refractivity contribution in [3.05, 3.63) is 23.8 Å². The first-order valence-electron chi connectivity index (χ1n) is 7.05. The Morgan fingerprint density at radius 1 is 1.00 bits per heavy atom. The molecule has 3 nitrogen and oxygen atoms in total. The molecule has 0 bridgehead atoms. The lowest BCUT2D eigenvalue weighted by Crippen LogP contribution is -2.41. The molecule has 0 amide bonds. The maximum absolute atomic E-state index is 14.2. The first kappa shape index (κ1) is 16.2. The first-order chi connectivity index (χ1) is 9.53. The molecule has 2 rings (SSSR count). The number of hydrogen-bond donors (Lipinski definition) is 0. The zero-order valence-corrected chi connectivity index (χ0v) is 13.3. The van der Waals surface area contributed by atoms with Gasteiger partial charge < -0.3 is 14.0 Å². The molecule has 0 aromatic heterocycles. The minimum absolute atomic E-state index is 0.153. The molecule has 0 N–H and O–H groups in total. The molecule has 0 spiro atoms. The fraction of sp³-hybridized carbons (Fsp3) is 0.600. The molecule has 0 saturated carbocycles. The molecule has 0 unspecified atom stereocenters. The van der Waals surface area contributed by atoms with E-state index >= 15 is 0 Å². The van der Waals surface area contributed by atoms with Crippen LogP contribution in [0.25, 0.3) is 0 Å². The summed E-state index contributed by atoms with van der Waals surface area (Å²) in [5.74, 6) is -1.31. The van der Waals surface area contributed by atoms with Crippen molar-refractivity contribution in [3.8, 4) is 5.75 Å². The lowest BCUT2D eigenvalue weighted by molar-refractivity contribution is 0.00578. The highest BCUT2D eigenvalue weighted by molar-refractivity contribution is 6.62. The van der Waals surface area contributed by atoms with Crippen LogP contribution in [0.1, 0.15) is 41.5 Å². The van der Waals surface area contributed by atoms with E-state index < -0.39 is 30.0 Å². The number of hydrogen-bond acceptors (Lipinski definition) is 3. The third-order valence-electron chi connectivity index (χ3n) is 3.91. The normalized spacial score (nSPS) is 20.1. The second kappa shape index (κ2) is 5.25. The van der Waals surface area contributed by atoms with E-state index in [0.717, 1.165) is 12.1 Å². The molecular weight excluding hydrogens is 277 g/mol. The van der Waals surface area contributed by atoms with E-state index in [1.807, 2.05) is 27.7 Å². The average Bonchev–Trinajstić information content (AvgIpc) is 2.44. The number of ether oxygens (including phenoxy) is 1. The Morgan fingerprint density at radius 2 is 1.43 bits per heavy atom. The van der Waals surface area contributed by atoms with Crippen LogP contribution in [0.4, 0.5) is 8.78 Å². The van der Waals surface area contributed by atoms with Gasteiger partial charge in [0.05, 0.1) is 22.8 Å². The summed E-state index contributed by atoms with van der Waals surface area (Å²) in [6.45, 7) is 10.9. The second-order valence-electron chi connectivity index (χ2n) is 6.56. The molecule has 0 atom stereocenters. The van der Waals surface area contributed by atoms with Crippen LogP contribution < -0.4 is 10.2 Å². The highest BCUT2D eigenvalue weighted by atomic mass is 19.1. The van der Waals surface area contributed by atoms with Crippen LogP contribution in [-0.4, -0.2) is 24.4 Å².